The molecule has 3 aromatic rings. The molecular weight excluding hydrogens is 446 g/mol. The van der Waals surface area contributed by atoms with Crippen LogP contribution >= 0.6 is 0 Å². The molecule has 0 radical (unpaired) electrons. The molecule has 0 saturated carbocycles. The summed E-state index contributed by atoms with van der Waals surface area (Å²) in [6.45, 7) is 2.10. The molecule has 0 aliphatic carbocycles. The number of likely N-dealkylation sites (tertiary alicyclic amines) is 1. The Morgan fingerprint density at radius 3 is 2.43 bits per heavy atom. The maximum atomic E-state index is 13.1. The fourth-order valence-corrected chi connectivity index (χ4v) is 4.70. The average Bonchev–Trinajstić information content (AvgIpc) is 3.05. The maximum Gasteiger partial charge on any atom is 0.292 e. The van der Waals surface area contributed by atoms with Gasteiger partial charge in [-0.1, -0.05) is 43.2 Å². The minimum absolute atomic E-state index is 0.0332. The fourth-order valence-electron chi connectivity index (χ4n) is 4.70. The number of nitrogens with one attached hydrogen (secondary N) is 1. The first-order chi connectivity index (χ1) is 17.1. The van der Waals surface area contributed by atoms with Crippen molar-refractivity contribution in [3.8, 4) is 11.5 Å². The molecule has 2 aliphatic rings. The first kappa shape index (κ1) is 23.0. The third kappa shape index (κ3) is 5.01. The lowest BCUT2D eigenvalue weighted by Gasteiger charge is -2.26. The van der Waals surface area contributed by atoms with E-state index in [4.69, 9.17) is 9.47 Å². The Labute approximate surface area is 203 Å². The molecule has 182 valence electrons. The van der Waals surface area contributed by atoms with Crippen molar-refractivity contribution in [1.29, 1.82) is 0 Å². The Bertz CT molecular complexity index is 1240. The molecule has 1 fully saturated rings. The number of hydrogen-bond donors (Lipinski definition) is 1. The van der Waals surface area contributed by atoms with Gasteiger partial charge in [-0.05, 0) is 31.0 Å². The maximum absolute atomic E-state index is 13.1. The van der Waals surface area contributed by atoms with E-state index in [1.54, 1.807) is 22.9 Å². The first-order valence-corrected chi connectivity index (χ1v) is 12.2. The SMILES string of the molecule is O=C(NC[C@@H]1COc2ccccc2O1)C(=O)c1cn(CC(=O)N2CCCCCC2)c2ccccc12. The van der Waals surface area contributed by atoms with Crippen LogP contribution in [0.25, 0.3) is 10.9 Å². The largest absolute Gasteiger partial charge is 0.486 e. The topological polar surface area (TPSA) is 89.9 Å². The number of aromatic nitrogens is 1. The molecule has 5 rings (SSSR count). The second-order valence-electron chi connectivity index (χ2n) is 9.02. The zero-order chi connectivity index (χ0) is 24.2. The zero-order valence-electron chi connectivity index (χ0n) is 19.6. The molecule has 0 spiro atoms. The van der Waals surface area contributed by atoms with E-state index in [0.717, 1.165) is 44.3 Å². The summed E-state index contributed by atoms with van der Waals surface area (Å²) in [4.78, 5) is 40.7. The number of Topliss-reactive ketones (excluding diaryl/α,β-unsaturated/α-hetero) is 1. The summed E-state index contributed by atoms with van der Waals surface area (Å²) < 4.78 is 13.3. The van der Waals surface area contributed by atoms with E-state index in [2.05, 4.69) is 5.32 Å². The lowest BCUT2D eigenvalue weighted by Crippen LogP contribution is -2.42. The van der Waals surface area contributed by atoms with Crippen LogP contribution in [0.4, 0.5) is 0 Å². The normalized spacial score (nSPS) is 17.6. The Morgan fingerprint density at radius 1 is 0.914 bits per heavy atom. The molecular formula is C27H29N3O5. The van der Waals surface area contributed by atoms with Crippen LogP contribution in [0.15, 0.2) is 54.7 Å². The van der Waals surface area contributed by atoms with Gasteiger partial charge >= 0.3 is 0 Å². The Hall–Kier alpha value is -3.81. The average molecular weight is 476 g/mol. The number of nitrogens with zero attached hydrogens (tertiary/aromatic N) is 2. The third-order valence-corrected chi connectivity index (χ3v) is 6.56. The molecule has 1 N–H and O–H groups in total. The van der Waals surface area contributed by atoms with Crippen molar-refractivity contribution in [3.63, 3.8) is 0 Å². The van der Waals surface area contributed by atoms with E-state index in [-0.39, 0.29) is 31.2 Å². The van der Waals surface area contributed by atoms with E-state index in [0.29, 0.717) is 16.9 Å². The van der Waals surface area contributed by atoms with Crippen LogP contribution in [0.2, 0.25) is 0 Å². The van der Waals surface area contributed by atoms with Crippen molar-refractivity contribution < 1.29 is 23.9 Å². The van der Waals surface area contributed by atoms with Gasteiger partial charge in [-0.3, -0.25) is 14.4 Å². The molecule has 8 nitrogen and oxygen atoms in total. The number of carbonyl (C=O) groups is 3. The summed E-state index contributed by atoms with van der Waals surface area (Å²) in [6.07, 6.45) is 5.56. The minimum atomic E-state index is -0.714. The van der Waals surface area contributed by atoms with Gasteiger partial charge in [0.05, 0.1) is 12.1 Å². The van der Waals surface area contributed by atoms with Crippen molar-refractivity contribution in [3.05, 3.63) is 60.3 Å². The number of carbonyl (C=O) groups excluding carboxylic acids is 3. The second-order valence-corrected chi connectivity index (χ2v) is 9.02. The number of hydrogen-bond acceptors (Lipinski definition) is 5. The molecule has 0 unspecified atom stereocenters. The van der Waals surface area contributed by atoms with Gasteiger partial charge in [-0.2, -0.15) is 0 Å². The van der Waals surface area contributed by atoms with Crippen LogP contribution in [0.3, 0.4) is 0 Å². The lowest BCUT2D eigenvalue weighted by atomic mass is 10.1. The van der Waals surface area contributed by atoms with E-state index >= 15 is 0 Å². The first-order valence-electron chi connectivity index (χ1n) is 12.2. The summed E-state index contributed by atoms with van der Waals surface area (Å²) in [6, 6.07) is 14.7. The monoisotopic (exact) mass is 475 g/mol. The smallest absolute Gasteiger partial charge is 0.292 e. The Kier molecular flexibility index (Phi) is 6.70. The van der Waals surface area contributed by atoms with Gasteiger partial charge in [0.1, 0.15) is 19.3 Å². The van der Waals surface area contributed by atoms with Crippen molar-refractivity contribution >= 4 is 28.5 Å². The van der Waals surface area contributed by atoms with Gasteiger partial charge in [0.25, 0.3) is 11.7 Å². The van der Waals surface area contributed by atoms with Gasteiger partial charge in [-0.15, -0.1) is 0 Å². The van der Waals surface area contributed by atoms with Crippen molar-refractivity contribution in [2.24, 2.45) is 0 Å². The molecule has 0 bridgehead atoms. The summed E-state index contributed by atoms with van der Waals surface area (Å²) in [5, 5.41) is 3.33. The van der Waals surface area contributed by atoms with E-state index < -0.39 is 17.8 Å². The molecule has 35 heavy (non-hydrogen) atoms. The van der Waals surface area contributed by atoms with E-state index in [9.17, 15) is 14.4 Å². The number of fused-ring (bicyclic) bond motifs is 2. The number of rotatable bonds is 6. The number of ketones is 1. The van der Waals surface area contributed by atoms with Gasteiger partial charge in [0.2, 0.25) is 5.91 Å². The molecule has 2 aliphatic heterocycles. The summed E-state index contributed by atoms with van der Waals surface area (Å²) in [5.74, 6) is -0.0468. The van der Waals surface area contributed by atoms with Gasteiger partial charge < -0.3 is 24.3 Å². The Morgan fingerprint density at radius 2 is 1.63 bits per heavy atom. The minimum Gasteiger partial charge on any atom is -0.486 e. The highest BCUT2D eigenvalue weighted by Crippen LogP contribution is 2.30. The van der Waals surface area contributed by atoms with Crippen LogP contribution in [0.5, 0.6) is 11.5 Å². The van der Waals surface area contributed by atoms with E-state index in [1.807, 2.05) is 41.3 Å². The molecule has 1 aromatic heterocycles. The standard InChI is InChI=1S/C27H29N3O5/c31-25(29-13-7-1-2-8-14-29)17-30-16-21(20-9-3-4-10-22(20)30)26(32)27(33)28-15-19-18-34-23-11-5-6-12-24(23)35-19/h3-6,9-12,16,19H,1-2,7-8,13-15,17-18H2,(H,28,33)/t19-/m1/s1. The van der Waals surface area contributed by atoms with Crippen molar-refractivity contribution in [2.75, 3.05) is 26.2 Å². The van der Waals surface area contributed by atoms with Gasteiger partial charge in [0.15, 0.2) is 11.5 Å². The Balaban J connectivity index is 1.27. The molecule has 2 aromatic carbocycles. The van der Waals surface area contributed by atoms with Crippen LogP contribution in [-0.4, -0.2) is 59.4 Å². The van der Waals surface area contributed by atoms with Crippen molar-refractivity contribution in [2.45, 2.75) is 38.3 Å². The molecule has 2 amide bonds. The second kappa shape index (κ2) is 10.2. The van der Waals surface area contributed by atoms with Crippen LogP contribution in [0.1, 0.15) is 36.0 Å². The predicted molar refractivity (Wildman–Crippen MR) is 131 cm³/mol. The summed E-state index contributed by atoms with van der Waals surface area (Å²) in [7, 11) is 0. The highest BCUT2D eigenvalue weighted by atomic mass is 16.6. The van der Waals surface area contributed by atoms with Gasteiger partial charge in [0, 0.05) is 30.2 Å². The highest BCUT2D eigenvalue weighted by molar-refractivity contribution is 6.45. The highest BCUT2D eigenvalue weighted by Gasteiger charge is 2.26. The van der Waals surface area contributed by atoms with Crippen LogP contribution in [-0.2, 0) is 16.1 Å². The number of benzene rings is 2. The van der Waals surface area contributed by atoms with E-state index in [1.165, 1.54) is 0 Å². The fraction of sp³-hybridized carbons (Fsp3) is 0.370. The number of amides is 2. The van der Waals surface area contributed by atoms with Crippen LogP contribution in [0, 0.1) is 0 Å². The van der Waals surface area contributed by atoms with Crippen molar-refractivity contribution in [1.82, 2.24) is 14.8 Å². The van der Waals surface area contributed by atoms with Crippen LogP contribution < -0.4 is 14.8 Å². The number of ether oxygens (including phenoxy) is 2. The summed E-state index contributed by atoms with van der Waals surface area (Å²) in [5.41, 5.74) is 1.04. The third-order valence-electron chi connectivity index (χ3n) is 6.56. The zero-order valence-corrected chi connectivity index (χ0v) is 19.6. The quantitative estimate of drug-likeness (QED) is 0.437. The number of para-hydroxylation sites is 3. The molecule has 8 heteroatoms. The lowest BCUT2D eigenvalue weighted by molar-refractivity contribution is -0.131. The predicted octanol–water partition coefficient (Wildman–Crippen LogP) is 3.18. The van der Waals surface area contributed by atoms with Gasteiger partial charge in [-0.25, -0.2) is 0 Å². The summed E-state index contributed by atoms with van der Waals surface area (Å²) >= 11 is 0. The molecule has 3 heterocycles. The molecule has 1 atom stereocenters. The molecule has 1 saturated heterocycles.